The fourth-order valence-electron chi connectivity index (χ4n) is 4.12. The Labute approximate surface area is 220 Å². The number of Topliss-reactive ketones (excluding diaryl/α,β-unsaturated/α-hetero) is 4. The minimum Gasteiger partial charge on any atom is -0.451 e. The molecule has 1 aromatic rings. The number of carbonyl (C=O) groups is 4. The molecular weight excluding hydrogens is 518 g/mol. The van der Waals surface area contributed by atoms with Crippen molar-refractivity contribution in [3.8, 4) is 11.5 Å². The van der Waals surface area contributed by atoms with Crippen molar-refractivity contribution in [2.45, 2.75) is 58.4 Å². The second kappa shape index (κ2) is 11.6. The summed E-state index contributed by atoms with van der Waals surface area (Å²) in [5.41, 5.74) is -0.613. The highest BCUT2D eigenvalue weighted by Gasteiger charge is 2.42. The topological polar surface area (TPSA) is 222 Å². The lowest BCUT2D eigenvalue weighted by Crippen LogP contribution is -2.58. The van der Waals surface area contributed by atoms with Gasteiger partial charge in [-0.2, -0.15) is 0 Å². The van der Waals surface area contributed by atoms with Crippen LogP contribution in [0.1, 0.15) is 69.1 Å². The zero-order valence-corrected chi connectivity index (χ0v) is 21.4. The standard InChI is InChI=1S/C20H15NO6.C6H12O6/c1-8(22)12-5-6-14-19(16(12)10(3)24)27-20-15(21-14)7-13(9(2)23)18(26)17(20)11(4)25;7-1-2-3(8)4(9)5(10)6(11)12-2/h5-7H,1-4H3;2-11H,1H2/t;2-,3-,4+,5-,6-/m.1/s1. The number of hydrogen-bond donors (Lipinski definition) is 5. The van der Waals surface area contributed by atoms with Crippen LogP contribution < -0.4 is 5.43 Å². The normalized spacial score (nSPS) is 22.7. The molecule has 2 heterocycles. The summed E-state index contributed by atoms with van der Waals surface area (Å²) in [5.74, 6) is -1.95. The van der Waals surface area contributed by atoms with Crippen molar-refractivity contribution in [3.63, 3.8) is 0 Å². The second-order valence-electron chi connectivity index (χ2n) is 8.97. The molecule has 13 heteroatoms. The van der Waals surface area contributed by atoms with Crippen molar-refractivity contribution in [3.05, 3.63) is 50.7 Å². The van der Waals surface area contributed by atoms with E-state index in [4.69, 9.17) is 29.9 Å². The van der Waals surface area contributed by atoms with Crippen molar-refractivity contribution >= 4 is 34.2 Å². The third kappa shape index (κ3) is 5.68. The fourth-order valence-corrected chi connectivity index (χ4v) is 4.12. The van der Waals surface area contributed by atoms with Gasteiger partial charge in [0.05, 0.1) is 17.7 Å². The summed E-state index contributed by atoms with van der Waals surface area (Å²) in [5, 5.41) is 44.7. The molecule has 5 N–H and O–H groups in total. The molecule has 1 aromatic carbocycles. The number of benzene rings is 2. The Bertz CT molecular complexity index is 1490. The molecule has 0 unspecified atom stereocenters. The summed E-state index contributed by atoms with van der Waals surface area (Å²) < 4.78 is 10.3. The van der Waals surface area contributed by atoms with E-state index in [9.17, 15) is 24.0 Å². The van der Waals surface area contributed by atoms with Crippen molar-refractivity contribution in [2.75, 3.05) is 6.61 Å². The molecule has 13 nitrogen and oxygen atoms in total. The summed E-state index contributed by atoms with van der Waals surface area (Å²) >= 11 is 0. The number of ketones is 4. The highest BCUT2D eigenvalue weighted by molar-refractivity contribution is 6.14. The van der Waals surface area contributed by atoms with Crippen LogP contribution in [0, 0.1) is 0 Å². The molecule has 1 aliphatic carbocycles. The van der Waals surface area contributed by atoms with Gasteiger partial charge in [0.15, 0.2) is 40.8 Å². The number of ether oxygens (including phenoxy) is 1. The number of hydrogen-bond acceptors (Lipinski definition) is 13. The maximum absolute atomic E-state index is 12.5. The number of nitrogens with zero attached hydrogens (tertiary/aromatic N) is 1. The second-order valence-corrected chi connectivity index (χ2v) is 8.97. The Morgan fingerprint density at radius 2 is 1.41 bits per heavy atom. The van der Waals surface area contributed by atoms with Crippen molar-refractivity contribution in [1.29, 1.82) is 0 Å². The summed E-state index contributed by atoms with van der Waals surface area (Å²) in [6, 6.07) is 4.24. The van der Waals surface area contributed by atoms with Gasteiger partial charge in [0.25, 0.3) is 0 Å². The zero-order chi connectivity index (χ0) is 29.3. The Morgan fingerprint density at radius 3 is 1.92 bits per heavy atom. The van der Waals surface area contributed by atoms with Gasteiger partial charge in [-0.05, 0) is 45.9 Å². The molecule has 0 amide bonds. The fraction of sp³-hybridized carbons (Fsp3) is 0.385. The van der Waals surface area contributed by atoms with Crippen molar-refractivity contribution in [2.24, 2.45) is 0 Å². The van der Waals surface area contributed by atoms with Crippen LogP contribution >= 0.6 is 0 Å². The van der Waals surface area contributed by atoms with Gasteiger partial charge in [0.2, 0.25) is 5.43 Å². The van der Waals surface area contributed by atoms with Crippen molar-refractivity contribution in [1.82, 2.24) is 4.98 Å². The van der Waals surface area contributed by atoms with E-state index in [2.05, 4.69) is 9.72 Å². The summed E-state index contributed by atoms with van der Waals surface area (Å²) in [7, 11) is 0. The van der Waals surface area contributed by atoms with Crippen LogP contribution in [0.15, 0.2) is 27.4 Å². The largest absolute Gasteiger partial charge is 0.451 e. The molecule has 3 aliphatic rings. The smallest absolute Gasteiger partial charge is 0.204 e. The van der Waals surface area contributed by atoms with Gasteiger partial charge in [-0.1, -0.05) is 0 Å². The molecule has 0 radical (unpaired) electrons. The van der Waals surface area contributed by atoms with Gasteiger partial charge in [-0.15, -0.1) is 0 Å². The molecule has 1 fully saturated rings. The van der Waals surface area contributed by atoms with E-state index < -0.39 is 60.1 Å². The first-order valence-corrected chi connectivity index (χ1v) is 11.7. The Balaban J connectivity index is 0.000000293. The maximum Gasteiger partial charge on any atom is 0.204 e. The van der Waals surface area contributed by atoms with Crippen LogP contribution in [0.5, 0.6) is 0 Å². The van der Waals surface area contributed by atoms with Gasteiger partial charge in [0, 0.05) is 5.56 Å². The average Bonchev–Trinajstić information content (AvgIpc) is 2.87. The van der Waals surface area contributed by atoms with E-state index in [0.717, 1.165) is 0 Å². The first kappa shape index (κ1) is 29.8. The number of fused-ring (bicyclic) bond motifs is 2. The zero-order valence-electron chi connectivity index (χ0n) is 21.4. The Morgan fingerprint density at radius 1 is 0.821 bits per heavy atom. The summed E-state index contributed by atoms with van der Waals surface area (Å²) in [6.45, 7) is 4.47. The van der Waals surface area contributed by atoms with Gasteiger partial charge >= 0.3 is 0 Å². The third-order valence-electron chi connectivity index (χ3n) is 6.12. The molecule has 4 rings (SSSR count). The van der Waals surface area contributed by atoms with E-state index in [1.807, 2.05) is 0 Å². The molecule has 0 bridgehead atoms. The summed E-state index contributed by atoms with van der Waals surface area (Å²) in [6.07, 6.45) is -7.04. The lowest BCUT2D eigenvalue weighted by atomic mass is 9.97. The van der Waals surface area contributed by atoms with Crippen LogP contribution in [-0.4, -0.2) is 91.0 Å². The minimum atomic E-state index is -1.57. The number of carbonyl (C=O) groups excluding carboxylic acids is 4. The van der Waals surface area contributed by atoms with E-state index in [0.29, 0.717) is 0 Å². The molecule has 5 atom stereocenters. The Hall–Kier alpha value is -3.72. The first-order chi connectivity index (χ1) is 18.2. The quantitative estimate of drug-likeness (QED) is 0.209. The molecule has 1 saturated heterocycles. The van der Waals surface area contributed by atoms with E-state index in [1.54, 1.807) is 0 Å². The molecule has 208 valence electrons. The summed E-state index contributed by atoms with van der Waals surface area (Å²) in [4.78, 5) is 64.7. The molecule has 0 aromatic heterocycles. The number of rotatable bonds is 5. The lowest BCUT2D eigenvalue weighted by molar-refractivity contribution is -0.286. The van der Waals surface area contributed by atoms with E-state index >= 15 is 0 Å². The van der Waals surface area contributed by atoms with Gasteiger partial charge in [-0.25, -0.2) is 4.98 Å². The lowest BCUT2D eigenvalue weighted by Gasteiger charge is -2.37. The van der Waals surface area contributed by atoms with Crippen LogP contribution in [-0.2, 0) is 4.74 Å². The van der Waals surface area contributed by atoms with Crippen LogP contribution in [0.4, 0.5) is 0 Å². The van der Waals surface area contributed by atoms with Crippen LogP contribution in [0.2, 0.25) is 0 Å². The maximum atomic E-state index is 12.5. The highest BCUT2D eigenvalue weighted by Crippen LogP contribution is 2.31. The van der Waals surface area contributed by atoms with Gasteiger partial charge < -0.3 is 34.7 Å². The van der Waals surface area contributed by atoms with Crippen LogP contribution in [0.3, 0.4) is 0 Å². The molecule has 0 spiro atoms. The SMILES string of the molecule is CC(=O)c1ccc2nc3cc(C(C)=O)c(=O)c(C(C)=O)c-3oc2c1C(C)=O.OC[C@H]1O[C@@H](O)[C@H](O)[C@@H](O)[C@@H]1O. The average molecular weight is 545 g/mol. The molecule has 0 saturated carbocycles. The predicted octanol–water partition coefficient (Wildman–Crippen LogP) is -0.118. The third-order valence-corrected chi connectivity index (χ3v) is 6.12. The first-order valence-electron chi connectivity index (χ1n) is 11.7. The monoisotopic (exact) mass is 545 g/mol. The Kier molecular flexibility index (Phi) is 8.85. The molecule has 2 aliphatic heterocycles. The number of aromatic nitrogens is 1. The van der Waals surface area contributed by atoms with Crippen LogP contribution in [0.25, 0.3) is 22.6 Å². The molecule has 39 heavy (non-hydrogen) atoms. The van der Waals surface area contributed by atoms with E-state index in [1.165, 1.54) is 45.9 Å². The molecular formula is C26H27NO12. The highest BCUT2D eigenvalue weighted by atomic mass is 16.6. The van der Waals surface area contributed by atoms with Crippen molar-refractivity contribution < 1.29 is 53.9 Å². The van der Waals surface area contributed by atoms with Gasteiger partial charge in [0.1, 0.15) is 41.2 Å². The number of aliphatic hydroxyl groups excluding tert-OH is 5. The van der Waals surface area contributed by atoms with Gasteiger partial charge in [-0.3, -0.25) is 24.0 Å². The minimum absolute atomic E-state index is 0.0141. The predicted molar refractivity (Wildman–Crippen MR) is 133 cm³/mol. The number of aliphatic hydroxyl groups is 5. The van der Waals surface area contributed by atoms with E-state index in [-0.39, 0.29) is 50.6 Å².